The zero-order valence-corrected chi connectivity index (χ0v) is 17.2. The van der Waals surface area contributed by atoms with Crippen LogP contribution in [-0.4, -0.2) is 62.6 Å². The van der Waals surface area contributed by atoms with Crippen molar-refractivity contribution in [1.82, 2.24) is 24.6 Å². The maximum atomic E-state index is 13.8. The Bertz CT molecular complexity index is 1140. The van der Waals surface area contributed by atoms with Crippen molar-refractivity contribution in [3.05, 3.63) is 76.9 Å². The molecular formula is C22H21F2N5O2. The van der Waals surface area contributed by atoms with Crippen LogP contribution in [0.15, 0.2) is 42.5 Å². The molecule has 0 spiro atoms. The minimum Gasteiger partial charge on any atom is -0.335 e. The SMILES string of the molecule is Cc1ccc(C(=O)N2CCN(C(=O)c3nc(C)n(-c4ccc(F)cc4)n3)CC2)cc1F. The molecule has 9 heteroatoms. The van der Waals surface area contributed by atoms with Crippen molar-refractivity contribution in [2.24, 2.45) is 0 Å². The summed E-state index contributed by atoms with van der Waals surface area (Å²) in [6, 6.07) is 10.2. The number of aromatic nitrogens is 3. The van der Waals surface area contributed by atoms with E-state index in [1.807, 2.05) is 0 Å². The summed E-state index contributed by atoms with van der Waals surface area (Å²) < 4.78 is 28.4. The van der Waals surface area contributed by atoms with Crippen LogP contribution in [-0.2, 0) is 0 Å². The maximum Gasteiger partial charge on any atom is 0.293 e. The van der Waals surface area contributed by atoms with Crippen molar-refractivity contribution in [3.63, 3.8) is 0 Å². The van der Waals surface area contributed by atoms with Gasteiger partial charge in [-0.2, -0.15) is 0 Å². The lowest BCUT2D eigenvalue weighted by atomic mass is 10.1. The van der Waals surface area contributed by atoms with E-state index in [4.69, 9.17) is 0 Å². The van der Waals surface area contributed by atoms with Gasteiger partial charge in [0.1, 0.15) is 17.5 Å². The highest BCUT2D eigenvalue weighted by Gasteiger charge is 2.28. The van der Waals surface area contributed by atoms with Gasteiger partial charge in [0.05, 0.1) is 5.69 Å². The van der Waals surface area contributed by atoms with Crippen LogP contribution in [0.1, 0.15) is 32.4 Å². The number of benzene rings is 2. The fourth-order valence-electron chi connectivity index (χ4n) is 3.47. The minimum atomic E-state index is -0.419. The second-order valence-electron chi connectivity index (χ2n) is 7.42. The Kier molecular flexibility index (Phi) is 5.50. The molecule has 0 aliphatic carbocycles. The molecule has 1 saturated heterocycles. The van der Waals surface area contributed by atoms with Crippen LogP contribution >= 0.6 is 0 Å². The number of halogens is 2. The summed E-state index contributed by atoms with van der Waals surface area (Å²) in [5.41, 5.74) is 1.37. The van der Waals surface area contributed by atoms with Gasteiger partial charge in [0, 0.05) is 31.7 Å². The van der Waals surface area contributed by atoms with Gasteiger partial charge in [-0.05, 0) is 55.8 Å². The van der Waals surface area contributed by atoms with Gasteiger partial charge in [0.2, 0.25) is 5.82 Å². The number of nitrogens with zero attached hydrogens (tertiary/aromatic N) is 5. The monoisotopic (exact) mass is 425 g/mol. The predicted molar refractivity (Wildman–Crippen MR) is 109 cm³/mol. The standard InChI is InChI=1S/C22H21F2N5O2/c1-14-3-4-16(13-19(14)24)21(30)27-9-11-28(12-10-27)22(31)20-25-15(2)29(26-20)18-7-5-17(23)6-8-18/h3-8,13H,9-12H2,1-2H3. The number of aryl methyl sites for hydroxylation is 2. The molecule has 0 atom stereocenters. The van der Waals surface area contributed by atoms with Gasteiger partial charge in [-0.15, -0.1) is 5.10 Å². The Hall–Kier alpha value is -3.62. The number of hydrogen-bond acceptors (Lipinski definition) is 4. The van der Waals surface area contributed by atoms with Crippen LogP contribution in [0.2, 0.25) is 0 Å². The van der Waals surface area contributed by atoms with Crippen molar-refractivity contribution in [2.45, 2.75) is 13.8 Å². The Morgan fingerprint density at radius 2 is 1.48 bits per heavy atom. The van der Waals surface area contributed by atoms with E-state index < -0.39 is 5.82 Å². The molecule has 2 amide bonds. The van der Waals surface area contributed by atoms with E-state index in [0.29, 0.717) is 48.8 Å². The molecule has 2 aromatic carbocycles. The third-order valence-corrected chi connectivity index (χ3v) is 5.30. The van der Waals surface area contributed by atoms with E-state index in [1.54, 1.807) is 47.9 Å². The molecule has 0 N–H and O–H groups in total. The van der Waals surface area contributed by atoms with Crippen LogP contribution in [0.5, 0.6) is 0 Å². The topological polar surface area (TPSA) is 71.3 Å². The zero-order valence-electron chi connectivity index (χ0n) is 17.2. The molecular weight excluding hydrogens is 404 g/mol. The zero-order chi connectivity index (χ0) is 22.1. The molecule has 160 valence electrons. The third kappa shape index (κ3) is 4.16. The largest absolute Gasteiger partial charge is 0.335 e. The number of carbonyl (C=O) groups excluding carboxylic acids is 2. The summed E-state index contributed by atoms with van der Waals surface area (Å²) in [4.78, 5) is 32.9. The number of hydrogen-bond donors (Lipinski definition) is 0. The van der Waals surface area contributed by atoms with Crippen LogP contribution < -0.4 is 0 Å². The molecule has 0 saturated carbocycles. The Morgan fingerprint density at radius 3 is 2.10 bits per heavy atom. The highest BCUT2D eigenvalue weighted by atomic mass is 19.1. The normalized spacial score (nSPS) is 14.1. The second-order valence-corrected chi connectivity index (χ2v) is 7.42. The van der Waals surface area contributed by atoms with Crippen molar-refractivity contribution in [3.8, 4) is 5.69 Å². The Morgan fingerprint density at radius 1 is 0.871 bits per heavy atom. The van der Waals surface area contributed by atoms with Crippen molar-refractivity contribution >= 4 is 11.8 Å². The van der Waals surface area contributed by atoms with Crippen molar-refractivity contribution in [2.75, 3.05) is 26.2 Å². The number of rotatable bonds is 3. The van der Waals surface area contributed by atoms with E-state index in [-0.39, 0.29) is 23.5 Å². The van der Waals surface area contributed by atoms with Crippen LogP contribution in [0.4, 0.5) is 8.78 Å². The number of carbonyl (C=O) groups is 2. The second kappa shape index (κ2) is 8.25. The first-order chi connectivity index (χ1) is 14.8. The molecule has 2 heterocycles. The van der Waals surface area contributed by atoms with E-state index in [1.165, 1.54) is 22.9 Å². The van der Waals surface area contributed by atoms with E-state index in [0.717, 1.165) is 0 Å². The summed E-state index contributed by atoms with van der Waals surface area (Å²) >= 11 is 0. The minimum absolute atomic E-state index is 0.0437. The lowest BCUT2D eigenvalue weighted by Gasteiger charge is -2.34. The molecule has 3 aromatic rings. The highest BCUT2D eigenvalue weighted by molar-refractivity contribution is 5.95. The predicted octanol–water partition coefficient (Wildman–Crippen LogP) is 2.76. The van der Waals surface area contributed by atoms with Crippen molar-refractivity contribution < 1.29 is 18.4 Å². The summed E-state index contributed by atoms with van der Waals surface area (Å²) in [5, 5.41) is 4.27. The Balaban J connectivity index is 1.42. The fourth-order valence-corrected chi connectivity index (χ4v) is 3.47. The van der Waals surface area contributed by atoms with E-state index in [9.17, 15) is 18.4 Å². The molecule has 7 nitrogen and oxygen atoms in total. The molecule has 0 unspecified atom stereocenters. The first kappa shape index (κ1) is 20.6. The van der Waals surface area contributed by atoms with Crippen LogP contribution in [0.25, 0.3) is 5.69 Å². The smallest absolute Gasteiger partial charge is 0.293 e. The van der Waals surface area contributed by atoms with Gasteiger partial charge in [-0.25, -0.2) is 18.4 Å². The van der Waals surface area contributed by atoms with Gasteiger partial charge >= 0.3 is 0 Å². The van der Waals surface area contributed by atoms with Crippen LogP contribution in [0, 0.1) is 25.5 Å². The molecule has 0 radical (unpaired) electrons. The van der Waals surface area contributed by atoms with Gasteiger partial charge in [0.15, 0.2) is 0 Å². The molecule has 31 heavy (non-hydrogen) atoms. The number of piperazine rings is 1. The lowest BCUT2D eigenvalue weighted by Crippen LogP contribution is -2.50. The number of amides is 2. The van der Waals surface area contributed by atoms with E-state index >= 15 is 0 Å². The molecule has 0 bridgehead atoms. The van der Waals surface area contributed by atoms with Crippen LogP contribution in [0.3, 0.4) is 0 Å². The summed E-state index contributed by atoms with van der Waals surface area (Å²) in [6.07, 6.45) is 0. The Labute approximate surface area is 177 Å². The molecule has 1 aliphatic rings. The first-order valence-corrected chi connectivity index (χ1v) is 9.88. The van der Waals surface area contributed by atoms with Gasteiger partial charge in [-0.3, -0.25) is 9.59 Å². The highest BCUT2D eigenvalue weighted by Crippen LogP contribution is 2.15. The summed E-state index contributed by atoms with van der Waals surface area (Å²) in [5.74, 6) is -0.832. The maximum absolute atomic E-state index is 13.8. The van der Waals surface area contributed by atoms with Crippen molar-refractivity contribution in [1.29, 1.82) is 0 Å². The molecule has 1 aliphatic heterocycles. The fraction of sp³-hybridized carbons (Fsp3) is 0.273. The molecule has 1 aromatic heterocycles. The average molecular weight is 425 g/mol. The average Bonchev–Trinajstić information content (AvgIpc) is 3.17. The molecule has 4 rings (SSSR count). The summed E-state index contributed by atoms with van der Waals surface area (Å²) in [7, 11) is 0. The summed E-state index contributed by atoms with van der Waals surface area (Å²) in [6.45, 7) is 4.66. The molecule has 1 fully saturated rings. The van der Waals surface area contributed by atoms with Gasteiger partial charge in [-0.1, -0.05) is 6.07 Å². The first-order valence-electron chi connectivity index (χ1n) is 9.88. The van der Waals surface area contributed by atoms with E-state index in [2.05, 4.69) is 10.1 Å². The lowest BCUT2D eigenvalue weighted by molar-refractivity contribution is 0.0528. The third-order valence-electron chi connectivity index (χ3n) is 5.30. The quantitative estimate of drug-likeness (QED) is 0.647. The van der Waals surface area contributed by atoms with Gasteiger partial charge < -0.3 is 9.80 Å². The van der Waals surface area contributed by atoms with Gasteiger partial charge in [0.25, 0.3) is 11.8 Å².